The smallest absolute Gasteiger partial charge is 0.0100 e. The molecule has 2 N–H and O–H groups in total. The number of hydrogen-bond acceptors (Lipinski definition) is 2. The molecule has 1 saturated heterocycles. The highest BCUT2D eigenvalue weighted by molar-refractivity contribution is 4.51. The summed E-state index contributed by atoms with van der Waals surface area (Å²) in [7, 11) is 0. The van der Waals surface area contributed by atoms with Gasteiger partial charge in [0.15, 0.2) is 0 Å². The van der Waals surface area contributed by atoms with Crippen LogP contribution in [0, 0.1) is 0 Å². The van der Waals surface area contributed by atoms with Crippen LogP contribution in [-0.4, -0.2) is 13.1 Å². The monoisotopic (exact) mass is 90.1 g/mol. The first kappa shape index (κ1) is 4.09. The van der Waals surface area contributed by atoms with Gasteiger partial charge in [0.25, 0.3) is 0 Å². The maximum Gasteiger partial charge on any atom is 0.0100 e. The molecule has 0 aromatic carbocycles. The van der Waals surface area contributed by atoms with Crippen LogP contribution in [0.1, 0.15) is 15.7 Å². The maximum atomic E-state index is 3.03. The molecule has 0 amide bonds. The van der Waals surface area contributed by atoms with E-state index >= 15 is 0 Å². The van der Waals surface area contributed by atoms with Crippen molar-refractivity contribution in [3.8, 4) is 0 Å². The molecule has 0 aliphatic carbocycles. The number of nitrogens with one attached hydrogen (secondary N) is 2. The molecule has 1 aliphatic heterocycles. The van der Waals surface area contributed by atoms with Crippen molar-refractivity contribution in [1.82, 2.24) is 10.9 Å². The Morgan fingerprint density at radius 1 is 1.00 bits per heavy atom. The van der Waals surface area contributed by atoms with Crippen LogP contribution < -0.4 is 10.9 Å². The highest BCUT2D eigenvalue weighted by Crippen LogP contribution is 1.85. The lowest BCUT2D eigenvalue weighted by molar-refractivity contribution is 0.443. The number of rotatable bonds is 0. The van der Waals surface area contributed by atoms with Gasteiger partial charge in [-0.1, -0.05) is 0 Å². The normalized spacial score (nSPS) is 24.0. The van der Waals surface area contributed by atoms with E-state index in [4.69, 9.17) is 0 Å². The van der Waals surface area contributed by atoms with Crippen LogP contribution in [0.4, 0.5) is 0 Å². The summed E-state index contributed by atoms with van der Waals surface area (Å²) >= 11 is 0. The molecular formula is C4H14N2. The second-order valence-electron chi connectivity index (χ2n) is 1.56. The predicted molar refractivity (Wildman–Crippen MR) is 29.5 cm³/mol. The second kappa shape index (κ2) is 2.16. The van der Waals surface area contributed by atoms with Crippen molar-refractivity contribution in [2.75, 3.05) is 13.1 Å². The van der Waals surface area contributed by atoms with Crippen LogP contribution in [0.15, 0.2) is 0 Å². The minimum atomic E-state index is 0. The van der Waals surface area contributed by atoms with Gasteiger partial charge in [-0.2, -0.15) is 0 Å². The molecule has 0 bridgehead atoms. The van der Waals surface area contributed by atoms with Crippen molar-refractivity contribution in [3.05, 3.63) is 0 Å². The average molecular weight is 90.2 g/mol. The van der Waals surface area contributed by atoms with Gasteiger partial charge in [0.2, 0.25) is 0 Å². The molecule has 0 unspecified atom stereocenters. The van der Waals surface area contributed by atoms with E-state index in [0.717, 1.165) is 13.1 Å². The quantitative estimate of drug-likeness (QED) is 0.449. The third-order valence-electron chi connectivity index (χ3n) is 0.979. The zero-order valence-electron chi connectivity index (χ0n) is 3.83. The summed E-state index contributed by atoms with van der Waals surface area (Å²) in [5, 5.41) is 0. The Morgan fingerprint density at radius 3 is 1.67 bits per heavy atom. The van der Waals surface area contributed by atoms with Gasteiger partial charge < -0.3 is 0 Å². The van der Waals surface area contributed by atoms with Crippen LogP contribution in [0.5, 0.6) is 0 Å². The lowest BCUT2D eigenvalue weighted by Gasteiger charge is -2.10. The predicted octanol–water partition coefficient (Wildman–Crippen LogP) is 0.366. The van der Waals surface area contributed by atoms with Crippen LogP contribution in [0.2, 0.25) is 0 Å². The van der Waals surface area contributed by atoms with E-state index < -0.39 is 0 Å². The first-order valence-electron chi connectivity index (χ1n) is 2.46. The number of hydrogen-bond donors (Lipinski definition) is 2. The first-order chi connectivity index (χ1) is 3.00. The Kier molecular flexibility index (Phi) is 1.47. The molecule has 2 nitrogen and oxygen atoms in total. The van der Waals surface area contributed by atoms with Crippen LogP contribution in [0.3, 0.4) is 0 Å². The van der Waals surface area contributed by atoms with Gasteiger partial charge >= 0.3 is 0 Å². The van der Waals surface area contributed by atoms with E-state index in [1.807, 2.05) is 0 Å². The molecule has 0 spiro atoms. The summed E-state index contributed by atoms with van der Waals surface area (Å²) in [6.07, 6.45) is 2.65. The summed E-state index contributed by atoms with van der Waals surface area (Å²) in [5.41, 5.74) is 6.07. The molecule has 6 heavy (non-hydrogen) atoms. The lowest BCUT2D eigenvalue weighted by Crippen LogP contribution is -2.37. The topological polar surface area (TPSA) is 24.1 Å². The molecule has 2 heteroatoms. The maximum absolute atomic E-state index is 3.03. The fourth-order valence-corrected chi connectivity index (χ4v) is 0.604. The standard InChI is InChI=1S/C4H10N2.2H2/c1-2-4-6-5-3-1;;/h5-6H,1-4H2;2*1H. The summed E-state index contributed by atoms with van der Waals surface area (Å²) in [5.74, 6) is 0. The van der Waals surface area contributed by atoms with Gasteiger partial charge in [0.05, 0.1) is 0 Å². The van der Waals surface area contributed by atoms with Crippen LogP contribution in [-0.2, 0) is 0 Å². The summed E-state index contributed by atoms with van der Waals surface area (Å²) in [4.78, 5) is 0. The zero-order chi connectivity index (χ0) is 4.24. The van der Waals surface area contributed by atoms with E-state index in [2.05, 4.69) is 10.9 Å². The highest BCUT2D eigenvalue weighted by atomic mass is 15.4. The third kappa shape index (κ3) is 0.954. The lowest BCUT2D eigenvalue weighted by atomic mass is 10.3. The van der Waals surface area contributed by atoms with Crippen molar-refractivity contribution < 1.29 is 2.85 Å². The minimum absolute atomic E-state index is 0. The van der Waals surface area contributed by atoms with Gasteiger partial charge in [-0.3, -0.25) is 10.9 Å². The van der Waals surface area contributed by atoms with Gasteiger partial charge in [-0.15, -0.1) is 0 Å². The second-order valence-corrected chi connectivity index (χ2v) is 1.56. The van der Waals surface area contributed by atoms with Gasteiger partial charge in [-0.25, -0.2) is 0 Å². The van der Waals surface area contributed by atoms with E-state index in [0.29, 0.717) is 0 Å². The van der Waals surface area contributed by atoms with Crippen molar-refractivity contribution in [2.24, 2.45) is 0 Å². The Balaban J connectivity index is 0. The van der Waals surface area contributed by atoms with E-state index in [1.54, 1.807) is 0 Å². The van der Waals surface area contributed by atoms with Gasteiger partial charge in [0, 0.05) is 15.9 Å². The SMILES string of the molecule is C1CCNNC1.[HH].[HH]. The van der Waals surface area contributed by atoms with Crippen LogP contribution >= 0.6 is 0 Å². The molecule has 0 aromatic heterocycles. The van der Waals surface area contributed by atoms with Gasteiger partial charge in [0.1, 0.15) is 0 Å². The summed E-state index contributed by atoms with van der Waals surface area (Å²) in [6, 6.07) is 0. The molecule has 0 saturated carbocycles. The van der Waals surface area contributed by atoms with Gasteiger partial charge in [-0.05, 0) is 12.8 Å². The molecule has 40 valence electrons. The zero-order valence-corrected chi connectivity index (χ0v) is 3.83. The molecule has 1 fully saturated rings. The van der Waals surface area contributed by atoms with Crippen molar-refractivity contribution in [3.63, 3.8) is 0 Å². The van der Waals surface area contributed by atoms with Crippen molar-refractivity contribution in [2.45, 2.75) is 12.8 Å². The average Bonchev–Trinajstić information content (AvgIpc) is 1.72. The fourth-order valence-electron chi connectivity index (χ4n) is 0.604. The molecule has 0 atom stereocenters. The van der Waals surface area contributed by atoms with Crippen LogP contribution in [0.25, 0.3) is 0 Å². The Morgan fingerprint density at radius 2 is 1.50 bits per heavy atom. The highest BCUT2D eigenvalue weighted by Gasteiger charge is 1.92. The Bertz CT molecular complexity index is 27.5. The summed E-state index contributed by atoms with van der Waals surface area (Å²) in [6.45, 7) is 2.28. The molecular weight excluding hydrogens is 76.1 g/mol. The molecule has 1 aliphatic rings. The fraction of sp³-hybridized carbons (Fsp3) is 1.00. The third-order valence-corrected chi connectivity index (χ3v) is 0.979. The van der Waals surface area contributed by atoms with Crippen molar-refractivity contribution >= 4 is 0 Å². The Labute approximate surface area is 40.9 Å². The minimum Gasteiger partial charge on any atom is -0.258 e. The van der Waals surface area contributed by atoms with E-state index in [1.165, 1.54) is 12.8 Å². The first-order valence-corrected chi connectivity index (χ1v) is 2.46. The molecule has 0 aromatic rings. The number of hydrazine groups is 1. The largest absolute Gasteiger partial charge is 0.258 e. The summed E-state index contributed by atoms with van der Waals surface area (Å²) < 4.78 is 0. The van der Waals surface area contributed by atoms with E-state index in [-0.39, 0.29) is 2.85 Å². The Hall–Kier alpha value is -0.0800. The van der Waals surface area contributed by atoms with E-state index in [9.17, 15) is 0 Å². The van der Waals surface area contributed by atoms with Crippen molar-refractivity contribution in [1.29, 1.82) is 0 Å². The molecule has 0 radical (unpaired) electrons. The molecule has 1 rings (SSSR count). The molecule has 1 heterocycles.